The highest BCUT2D eigenvalue weighted by Crippen LogP contribution is 2.25. The minimum atomic E-state index is -0.416. The summed E-state index contributed by atoms with van der Waals surface area (Å²) in [7, 11) is 1.65. The van der Waals surface area contributed by atoms with Crippen LogP contribution in [0.4, 0.5) is 0 Å². The van der Waals surface area contributed by atoms with E-state index in [1.807, 2.05) is 17.0 Å². The highest BCUT2D eigenvalue weighted by molar-refractivity contribution is 5.97. The predicted molar refractivity (Wildman–Crippen MR) is 98.1 cm³/mol. The number of hydrogen-bond donors (Lipinski definition) is 0. The summed E-state index contributed by atoms with van der Waals surface area (Å²) >= 11 is 0. The van der Waals surface area contributed by atoms with Gasteiger partial charge < -0.3 is 9.32 Å². The van der Waals surface area contributed by atoms with Gasteiger partial charge in [-0.05, 0) is 61.6 Å². The fraction of sp³-hybridized carbons (Fsp3) is 0.350. The molecule has 1 fully saturated rings. The van der Waals surface area contributed by atoms with Gasteiger partial charge in [-0.2, -0.15) is 0 Å². The number of aromatic nitrogens is 2. The SMILES string of the molecule is Cn1c(=O)oc2ccc(C(=O)N3CCC[C@H]3CCc3ccncc3)cc21. The third-order valence-electron chi connectivity index (χ3n) is 5.19. The molecular weight excluding hydrogens is 330 g/mol. The molecule has 1 saturated heterocycles. The average molecular weight is 351 g/mol. The first-order valence-corrected chi connectivity index (χ1v) is 8.93. The molecule has 0 radical (unpaired) electrons. The third kappa shape index (κ3) is 3.03. The van der Waals surface area contributed by atoms with Gasteiger partial charge in [-0.1, -0.05) is 0 Å². The van der Waals surface area contributed by atoms with Crippen molar-refractivity contribution in [3.63, 3.8) is 0 Å². The molecule has 26 heavy (non-hydrogen) atoms. The zero-order valence-corrected chi connectivity index (χ0v) is 14.7. The number of carbonyl (C=O) groups excluding carboxylic acids is 1. The van der Waals surface area contributed by atoms with Crippen LogP contribution < -0.4 is 5.76 Å². The van der Waals surface area contributed by atoms with Crippen molar-refractivity contribution in [1.29, 1.82) is 0 Å². The van der Waals surface area contributed by atoms with E-state index >= 15 is 0 Å². The van der Waals surface area contributed by atoms with Gasteiger partial charge in [0.05, 0.1) is 5.52 Å². The smallest absolute Gasteiger partial charge is 0.408 e. The summed E-state index contributed by atoms with van der Waals surface area (Å²) in [6, 6.07) is 9.49. The summed E-state index contributed by atoms with van der Waals surface area (Å²) in [5, 5.41) is 0. The van der Waals surface area contributed by atoms with Gasteiger partial charge in [-0.15, -0.1) is 0 Å². The molecule has 2 aromatic heterocycles. The van der Waals surface area contributed by atoms with Gasteiger partial charge in [0.25, 0.3) is 5.91 Å². The molecule has 1 aliphatic rings. The van der Waals surface area contributed by atoms with E-state index in [9.17, 15) is 9.59 Å². The van der Waals surface area contributed by atoms with Crippen molar-refractivity contribution < 1.29 is 9.21 Å². The first-order valence-electron chi connectivity index (χ1n) is 8.93. The van der Waals surface area contributed by atoms with Crippen LogP contribution >= 0.6 is 0 Å². The molecule has 1 atom stereocenters. The largest absolute Gasteiger partial charge is 0.419 e. The maximum Gasteiger partial charge on any atom is 0.419 e. The number of carbonyl (C=O) groups is 1. The van der Waals surface area contributed by atoms with Crippen LogP contribution in [0.3, 0.4) is 0 Å². The Bertz CT molecular complexity index is 990. The second kappa shape index (κ2) is 6.78. The number of nitrogens with zero attached hydrogens (tertiary/aromatic N) is 3. The number of aryl methyl sites for hydroxylation is 2. The van der Waals surface area contributed by atoms with Gasteiger partial charge >= 0.3 is 5.76 Å². The molecular formula is C20H21N3O3. The molecule has 0 N–H and O–H groups in total. The lowest BCUT2D eigenvalue weighted by atomic mass is 10.0. The van der Waals surface area contributed by atoms with Crippen LogP contribution in [0.2, 0.25) is 0 Å². The van der Waals surface area contributed by atoms with Crippen LogP contribution in [0.25, 0.3) is 11.1 Å². The van der Waals surface area contributed by atoms with Crippen molar-refractivity contribution in [3.8, 4) is 0 Å². The number of oxazole rings is 1. The van der Waals surface area contributed by atoms with E-state index in [0.29, 0.717) is 16.7 Å². The van der Waals surface area contributed by atoms with Crippen LogP contribution in [0, 0.1) is 0 Å². The number of rotatable bonds is 4. The van der Waals surface area contributed by atoms with E-state index in [1.165, 1.54) is 10.1 Å². The van der Waals surface area contributed by atoms with Crippen molar-refractivity contribution in [2.24, 2.45) is 7.05 Å². The summed E-state index contributed by atoms with van der Waals surface area (Å²) in [4.78, 5) is 30.7. The quantitative estimate of drug-likeness (QED) is 0.725. The van der Waals surface area contributed by atoms with Crippen molar-refractivity contribution in [2.75, 3.05) is 6.54 Å². The molecule has 0 bridgehead atoms. The molecule has 0 aliphatic carbocycles. The molecule has 6 heteroatoms. The second-order valence-corrected chi connectivity index (χ2v) is 6.80. The van der Waals surface area contributed by atoms with Crippen molar-refractivity contribution in [3.05, 3.63) is 64.4 Å². The minimum Gasteiger partial charge on any atom is -0.408 e. The second-order valence-electron chi connectivity index (χ2n) is 6.80. The van der Waals surface area contributed by atoms with Crippen LogP contribution in [-0.2, 0) is 13.5 Å². The maximum atomic E-state index is 13.0. The molecule has 0 unspecified atom stereocenters. The Morgan fingerprint density at radius 2 is 2.08 bits per heavy atom. The highest BCUT2D eigenvalue weighted by atomic mass is 16.4. The Labute approximate surface area is 151 Å². The fourth-order valence-electron chi connectivity index (χ4n) is 3.71. The number of pyridine rings is 1. The zero-order chi connectivity index (χ0) is 18.1. The number of amides is 1. The normalized spacial score (nSPS) is 17.1. The Morgan fingerprint density at radius 1 is 1.27 bits per heavy atom. The number of fused-ring (bicyclic) bond motifs is 1. The fourth-order valence-corrected chi connectivity index (χ4v) is 3.71. The lowest BCUT2D eigenvalue weighted by Gasteiger charge is -2.25. The van der Waals surface area contributed by atoms with E-state index in [1.54, 1.807) is 37.6 Å². The summed E-state index contributed by atoms with van der Waals surface area (Å²) in [5.41, 5.74) is 3.00. The molecule has 134 valence electrons. The van der Waals surface area contributed by atoms with Crippen LogP contribution in [0.5, 0.6) is 0 Å². The zero-order valence-electron chi connectivity index (χ0n) is 14.7. The Balaban J connectivity index is 1.53. The molecule has 1 aliphatic heterocycles. The van der Waals surface area contributed by atoms with Crippen LogP contribution in [0.15, 0.2) is 51.9 Å². The van der Waals surface area contributed by atoms with E-state index in [4.69, 9.17) is 4.42 Å². The summed E-state index contributed by atoms with van der Waals surface area (Å²) in [5.74, 6) is -0.390. The number of benzene rings is 1. The molecule has 1 aromatic carbocycles. The Morgan fingerprint density at radius 3 is 2.88 bits per heavy atom. The number of likely N-dealkylation sites (tertiary alicyclic amines) is 1. The van der Waals surface area contributed by atoms with Crippen molar-refractivity contribution >= 4 is 17.0 Å². The van der Waals surface area contributed by atoms with Gasteiger partial charge in [-0.3, -0.25) is 14.3 Å². The monoisotopic (exact) mass is 351 g/mol. The molecule has 3 heterocycles. The maximum absolute atomic E-state index is 13.0. The molecule has 0 saturated carbocycles. The third-order valence-corrected chi connectivity index (χ3v) is 5.19. The van der Waals surface area contributed by atoms with E-state index in [0.717, 1.165) is 32.2 Å². The molecule has 3 aromatic rings. The van der Waals surface area contributed by atoms with Crippen LogP contribution in [-0.4, -0.2) is 32.9 Å². The predicted octanol–water partition coefficient (Wildman–Crippen LogP) is 2.76. The topological polar surface area (TPSA) is 68.3 Å². The van der Waals surface area contributed by atoms with Gasteiger partial charge in [0.15, 0.2) is 5.58 Å². The van der Waals surface area contributed by atoms with Crippen molar-refractivity contribution in [1.82, 2.24) is 14.5 Å². The minimum absolute atomic E-state index is 0.0257. The lowest BCUT2D eigenvalue weighted by Crippen LogP contribution is -2.35. The molecule has 0 spiro atoms. The van der Waals surface area contributed by atoms with E-state index < -0.39 is 5.76 Å². The van der Waals surface area contributed by atoms with Gasteiger partial charge in [0.1, 0.15) is 0 Å². The standard InChI is InChI=1S/C20H21N3O3/c1-22-17-13-15(5-7-18(17)26-20(22)25)19(24)23-12-2-3-16(23)6-4-14-8-10-21-11-9-14/h5,7-11,13,16H,2-4,6,12H2,1H3/t16-/m0/s1. The van der Waals surface area contributed by atoms with Crippen molar-refractivity contribution in [2.45, 2.75) is 31.7 Å². The first-order chi connectivity index (χ1) is 12.6. The van der Waals surface area contributed by atoms with E-state index in [2.05, 4.69) is 4.98 Å². The molecule has 6 nitrogen and oxygen atoms in total. The first kappa shape index (κ1) is 16.6. The van der Waals surface area contributed by atoms with Gasteiger partial charge in [-0.25, -0.2) is 4.79 Å². The Kier molecular flexibility index (Phi) is 4.32. The average Bonchev–Trinajstić information content (AvgIpc) is 3.25. The summed E-state index contributed by atoms with van der Waals surface area (Å²) in [6.45, 7) is 0.780. The van der Waals surface area contributed by atoms with Gasteiger partial charge in [0.2, 0.25) is 0 Å². The molecule has 1 amide bonds. The van der Waals surface area contributed by atoms with Crippen LogP contribution in [0.1, 0.15) is 35.2 Å². The van der Waals surface area contributed by atoms with E-state index in [-0.39, 0.29) is 11.9 Å². The summed E-state index contributed by atoms with van der Waals surface area (Å²) < 4.78 is 6.57. The molecule has 4 rings (SSSR count). The lowest BCUT2D eigenvalue weighted by molar-refractivity contribution is 0.0731. The number of hydrogen-bond acceptors (Lipinski definition) is 4. The Hall–Kier alpha value is -2.89. The highest BCUT2D eigenvalue weighted by Gasteiger charge is 2.29. The summed E-state index contributed by atoms with van der Waals surface area (Å²) in [6.07, 6.45) is 7.55. The van der Waals surface area contributed by atoms with Gasteiger partial charge in [0, 0.05) is 37.6 Å².